The topological polar surface area (TPSA) is 96.5 Å². The van der Waals surface area contributed by atoms with Crippen LogP contribution in [0.2, 0.25) is 5.02 Å². The summed E-state index contributed by atoms with van der Waals surface area (Å²) in [7, 11) is 1.86. The van der Waals surface area contributed by atoms with Gasteiger partial charge in [0.25, 0.3) is 18.2 Å². The van der Waals surface area contributed by atoms with E-state index in [0.717, 1.165) is 5.46 Å². The SMILES string of the molecule is Bc1ccc(NC(=O)c2cc(NC(=O)c3cc(CNC(=O)C(F)(F)F)ccc3Cl)ccc2OCC(F)F)cc1. The van der Waals surface area contributed by atoms with E-state index in [0.29, 0.717) is 5.69 Å². The molecule has 0 aliphatic rings. The van der Waals surface area contributed by atoms with Crippen molar-refractivity contribution in [3.8, 4) is 5.75 Å². The number of carbonyl (C=O) groups excluding carboxylic acids is 3. The molecule has 0 saturated carbocycles. The molecule has 0 unspecified atom stereocenters. The maximum Gasteiger partial charge on any atom is 0.471 e. The quantitative estimate of drug-likeness (QED) is 0.270. The van der Waals surface area contributed by atoms with Gasteiger partial charge in [0.2, 0.25) is 0 Å². The maximum atomic E-state index is 12.9. The molecule has 0 fully saturated rings. The number of alkyl halides is 5. The van der Waals surface area contributed by atoms with Crippen molar-refractivity contribution in [3.63, 3.8) is 0 Å². The van der Waals surface area contributed by atoms with Crippen molar-refractivity contribution in [2.24, 2.45) is 0 Å². The van der Waals surface area contributed by atoms with Gasteiger partial charge in [-0.2, -0.15) is 13.2 Å². The fraction of sp³-hybridized carbons (Fsp3) is 0.160. The largest absolute Gasteiger partial charge is 0.487 e. The zero-order valence-electron chi connectivity index (χ0n) is 20.2. The Balaban J connectivity index is 1.82. The third-order valence-corrected chi connectivity index (χ3v) is 5.47. The van der Waals surface area contributed by atoms with Crippen LogP contribution in [-0.4, -0.2) is 44.8 Å². The fourth-order valence-electron chi connectivity index (χ4n) is 3.24. The summed E-state index contributed by atoms with van der Waals surface area (Å²) in [6.45, 7) is -1.49. The lowest BCUT2D eigenvalue weighted by Crippen LogP contribution is -2.36. The van der Waals surface area contributed by atoms with Crippen molar-refractivity contribution in [2.75, 3.05) is 17.2 Å². The third kappa shape index (κ3) is 8.44. The predicted octanol–water partition coefficient (Wildman–Crippen LogP) is 3.93. The summed E-state index contributed by atoms with van der Waals surface area (Å²) >= 11 is 6.09. The average Bonchev–Trinajstić information content (AvgIpc) is 2.87. The Hall–Kier alpha value is -4.13. The summed E-state index contributed by atoms with van der Waals surface area (Å²) in [5, 5.41) is 6.78. The van der Waals surface area contributed by atoms with E-state index in [4.69, 9.17) is 16.3 Å². The number of hydrogen-bond donors (Lipinski definition) is 3. The number of amides is 3. The first-order chi connectivity index (χ1) is 18.3. The molecule has 0 atom stereocenters. The van der Waals surface area contributed by atoms with Crippen LogP contribution in [0.15, 0.2) is 60.7 Å². The monoisotopic (exact) mass is 567 g/mol. The lowest BCUT2D eigenvalue weighted by atomic mass is 9.96. The standard InChI is InChI=1S/C25H20BClF5N3O4/c26-14-2-4-15(5-3-14)34-23(37)18-10-16(6-8-20(18)39-12-21(28)29)35-22(36)17-9-13(1-7-19(17)27)11-33-24(38)25(30,31)32/h1-10,21H,11-12,26H2,(H,33,38)(H,34,37)(H,35,36). The number of hydrogen-bond acceptors (Lipinski definition) is 4. The molecule has 0 heterocycles. The zero-order valence-corrected chi connectivity index (χ0v) is 20.9. The molecular formula is C25H20BClF5N3O4. The fourth-order valence-corrected chi connectivity index (χ4v) is 3.44. The van der Waals surface area contributed by atoms with E-state index in [9.17, 15) is 36.3 Å². The van der Waals surface area contributed by atoms with Crippen LogP contribution in [-0.2, 0) is 11.3 Å². The molecule has 0 bridgehead atoms. The second-order valence-electron chi connectivity index (χ2n) is 8.18. The molecule has 3 aromatic rings. The van der Waals surface area contributed by atoms with Gasteiger partial charge in [0.05, 0.1) is 16.1 Å². The van der Waals surface area contributed by atoms with Gasteiger partial charge in [0, 0.05) is 17.9 Å². The van der Waals surface area contributed by atoms with E-state index in [1.54, 1.807) is 29.6 Å². The van der Waals surface area contributed by atoms with Gasteiger partial charge in [0.15, 0.2) is 0 Å². The number of rotatable bonds is 9. The molecule has 7 nitrogen and oxygen atoms in total. The molecule has 0 radical (unpaired) electrons. The first-order valence-corrected chi connectivity index (χ1v) is 11.6. The molecule has 0 aliphatic carbocycles. The minimum atomic E-state index is -5.07. The molecule has 39 heavy (non-hydrogen) atoms. The molecular weight excluding hydrogens is 548 g/mol. The van der Waals surface area contributed by atoms with Gasteiger partial charge in [0.1, 0.15) is 20.2 Å². The van der Waals surface area contributed by atoms with Crippen LogP contribution in [0.5, 0.6) is 5.75 Å². The summed E-state index contributed by atoms with van der Waals surface area (Å²) in [6.07, 6.45) is -7.87. The number of benzene rings is 3. The van der Waals surface area contributed by atoms with E-state index in [2.05, 4.69) is 10.6 Å². The van der Waals surface area contributed by atoms with E-state index in [1.165, 1.54) is 36.4 Å². The van der Waals surface area contributed by atoms with E-state index >= 15 is 0 Å². The van der Waals surface area contributed by atoms with Crippen molar-refractivity contribution in [2.45, 2.75) is 19.1 Å². The van der Waals surface area contributed by atoms with E-state index in [1.807, 2.05) is 7.85 Å². The minimum absolute atomic E-state index is 0.0346. The van der Waals surface area contributed by atoms with Gasteiger partial charge in [-0.3, -0.25) is 14.4 Å². The van der Waals surface area contributed by atoms with Crippen molar-refractivity contribution < 1.29 is 41.1 Å². The molecule has 3 amide bonds. The number of ether oxygens (including phenoxy) is 1. The Bertz CT molecular complexity index is 1370. The van der Waals surface area contributed by atoms with Crippen LogP contribution in [0.3, 0.4) is 0 Å². The van der Waals surface area contributed by atoms with Crippen LogP contribution >= 0.6 is 11.6 Å². The Kier molecular flexibility index (Phi) is 9.52. The van der Waals surface area contributed by atoms with Crippen LogP contribution in [0.25, 0.3) is 0 Å². The Morgan fingerprint density at radius 3 is 2.13 bits per heavy atom. The smallest absolute Gasteiger partial charge is 0.471 e. The highest BCUT2D eigenvalue weighted by Crippen LogP contribution is 2.26. The molecule has 0 spiro atoms. The van der Waals surface area contributed by atoms with Gasteiger partial charge in [-0.25, -0.2) is 8.78 Å². The normalized spacial score (nSPS) is 11.2. The van der Waals surface area contributed by atoms with Gasteiger partial charge in [-0.15, -0.1) is 0 Å². The lowest BCUT2D eigenvalue weighted by molar-refractivity contribution is -0.173. The van der Waals surface area contributed by atoms with Crippen LogP contribution in [0.1, 0.15) is 26.3 Å². The van der Waals surface area contributed by atoms with Crippen molar-refractivity contribution >= 4 is 54.0 Å². The van der Waals surface area contributed by atoms with Crippen LogP contribution < -0.4 is 26.2 Å². The van der Waals surface area contributed by atoms with Gasteiger partial charge in [-0.05, 0) is 48.0 Å². The zero-order chi connectivity index (χ0) is 28.7. The van der Waals surface area contributed by atoms with Crippen molar-refractivity contribution in [3.05, 3.63) is 82.4 Å². The molecule has 0 saturated heterocycles. The number of carbonyl (C=O) groups is 3. The van der Waals surface area contributed by atoms with Gasteiger partial charge < -0.3 is 20.7 Å². The van der Waals surface area contributed by atoms with E-state index in [-0.39, 0.29) is 33.1 Å². The lowest BCUT2D eigenvalue weighted by Gasteiger charge is -2.15. The predicted molar refractivity (Wildman–Crippen MR) is 138 cm³/mol. The Morgan fingerprint density at radius 1 is 0.872 bits per heavy atom. The summed E-state index contributed by atoms with van der Waals surface area (Å²) in [5.41, 5.74) is 1.34. The third-order valence-electron chi connectivity index (χ3n) is 5.14. The van der Waals surface area contributed by atoms with Gasteiger partial charge in [-0.1, -0.05) is 35.3 Å². The van der Waals surface area contributed by atoms with E-state index < -0.39 is 43.5 Å². The molecule has 3 rings (SSSR count). The Labute approximate surface area is 225 Å². The molecule has 3 aromatic carbocycles. The summed E-state index contributed by atoms with van der Waals surface area (Å²) in [4.78, 5) is 36.9. The molecule has 0 aliphatic heterocycles. The Morgan fingerprint density at radius 2 is 1.49 bits per heavy atom. The highest BCUT2D eigenvalue weighted by Gasteiger charge is 2.38. The molecule has 14 heteroatoms. The second-order valence-corrected chi connectivity index (χ2v) is 8.59. The molecule has 204 valence electrons. The van der Waals surface area contributed by atoms with Gasteiger partial charge >= 0.3 is 12.1 Å². The summed E-state index contributed by atoms with van der Waals surface area (Å²) in [5.74, 6) is -3.78. The highest BCUT2D eigenvalue weighted by molar-refractivity contribution is 6.34. The summed E-state index contributed by atoms with van der Waals surface area (Å²) < 4.78 is 67.8. The van der Waals surface area contributed by atoms with Crippen LogP contribution in [0, 0.1) is 0 Å². The molecule has 0 aromatic heterocycles. The number of anilines is 2. The minimum Gasteiger partial charge on any atom is -0.487 e. The summed E-state index contributed by atoms with van der Waals surface area (Å²) in [6, 6.07) is 14.3. The maximum absolute atomic E-state index is 12.9. The first-order valence-electron chi connectivity index (χ1n) is 11.2. The van der Waals surface area contributed by atoms with Crippen molar-refractivity contribution in [1.82, 2.24) is 5.32 Å². The van der Waals surface area contributed by atoms with Crippen LogP contribution in [0.4, 0.5) is 33.3 Å². The average molecular weight is 568 g/mol. The number of nitrogens with one attached hydrogen (secondary N) is 3. The number of halogens is 6. The van der Waals surface area contributed by atoms with Crippen molar-refractivity contribution in [1.29, 1.82) is 0 Å². The second kappa shape index (κ2) is 12.6. The first kappa shape index (κ1) is 29.4. The highest BCUT2D eigenvalue weighted by atomic mass is 35.5. The molecule has 3 N–H and O–H groups in total.